The highest BCUT2D eigenvalue weighted by molar-refractivity contribution is 7.47. The molecule has 0 rings (SSSR count). The van der Waals surface area contributed by atoms with Gasteiger partial charge in [0.05, 0.1) is 19.9 Å². The van der Waals surface area contributed by atoms with Gasteiger partial charge < -0.3 is 24.6 Å². The molecular formula is C19H38NO9P. The highest BCUT2D eigenvalue weighted by Crippen LogP contribution is 2.43. The van der Waals surface area contributed by atoms with E-state index in [4.69, 9.17) is 23.6 Å². The minimum absolute atomic E-state index is 0.130. The number of phosphoric acid groups is 1. The van der Waals surface area contributed by atoms with Crippen LogP contribution in [0, 0.1) is 0 Å². The Morgan fingerprint density at radius 3 is 2.47 bits per heavy atom. The number of esters is 1. The zero-order valence-corrected chi connectivity index (χ0v) is 19.0. The summed E-state index contributed by atoms with van der Waals surface area (Å²) in [6, 6.07) is 0. The fraction of sp³-hybridized carbons (Fsp3) is 0.842. The molecule has 0 saturated carbocycles. The van der Waals surface area contributed by atoms with Crippen LogP contribution < -0.4 is 0 Å². The average Bonchev–Trinajstić information content (AvgIpc) is 2.68. The maximum atomic E-state index is 11.9. The number of unbranched alkanes of at least 4 members (excludes halogenated alkanes) is 5. The molecule has 0 amide bonds. The number of hydrogen-bond acceptors (Lipinski definition) is 9. The fourth-order valence-electron chi connectivity index (χ4n) is 2.35. The second-order valence-electron chi connectivity index (χ2n) is 6.95. The number of allylic oxidation sites excluding steroid dienone is 1. The molecule has 0 aliphatic carbocycles. The Kier molecular flexibility index (Phi) is 17.3. The summed E-state index contributed by atoms with van der Waals surface area (Å²) < 4.78 is 31.8. The number of nitrogens with zero attached hydrogens (tertiary/aromatic N) is 1. The predicted octanol–water partition coefficient (Wildman–Crippen LogP) is 2.19. The predicted molar refractivity (Wildman–Crippen MR) is 111 cm³/mol. The number of carbonyl (C=O) groups is 1. The van der Waals surface area contributed by atoms with E-state index in [9.17, 15) is 19.4 Å². The van der Waals surface area contributed by atoms with Crippen LogP contribution in [-0.4, -0.2) is 78.5 Å². The molecule has 3 N–H and O–H groups in total. The molecule has 10 nitrogen and oxygen atoms in total. The van der Waals surface area contributed by atoms with Gasteiger partial charge in [0.2, 0.25) is 0 Å². The van der Waals surface area contributed by atoms with Crippen LogP contribution in [0.25, 0.3) is 0 Å². The van der Waals surface area contributed by atoms with Gasteiger partial charge in [0.25, 0.3) is 0 Å². The summed E-state index contributed by atoms with van der Waals surface area (Å²) in [7, 11) is -2.75. The molecule has 0 fully saturated rings. The number of carbonyl (C=O) groups excluding carboxylic acids is 1. The Morgan fingerprint density at radius 1 is 1.17 bits per heavy atom. The first-order valence-electron chi connectivity index (χ1n) is 10.2. The molecule has 0 bridgehead atoms. The first-order chi connectivity index (χ1) is 14.2. The van der Waals surface area contributed by atoms with Crippen molar-refractivity contribution in [1.82, 2.24) is 4.90 Å². The van der Waals surface area contributed by atoms with Crippen LogP contribution >= 0.6 is 7.82 Å². The molecule has 0 aromatic heterocycles. The van der Waals surface area contributed by atoms with Crippen molar-refractivity contribution in [2.24, 2.45) is 0 Å². The Labute approximate surface area is 179 Å². The Bertz CT molecular complexity index is 504. The molecule has 3 atom stereocenters. The normalized spacial score (nSPS) is 15.5. The van der Waals surface area contributed by atoms with Crippen LogP contribution in [0.5, 0.6) is 0 Å². The van der Waals surface area contributed by atoms with Crippen molar-refractivity contribution in [2.75, 3.05) is 40.1 Å². The van der Waals surface area contributed by atoms with Crippen LogP contribution in [0.4, 0.5) is 0 Å². The quantitative estimate of drug-likeness (QED) is 0.0824. The lowest BCUT2D eigenvalue weighted by molar-refractivity contribution is -0.167. The highest BCUT2D eigenvalue weighted by atomic mass is 31.2. The standard InChI is InChI=1S/C19H38NO9P/c1-4-5-6-7-8-9-10-11-19(23)26-14-18(29-17(2)22)15-28-30(24,25)27-13-12-20(3)16-21/h4,17-18,21-22H,1,5-16H2,2-3H3,(H,24,25). The molecule has 0 spiro atoms. The number of likely N-dealkylation sites (N-methyl/N-ethyl adjacent to an activating group) is 1. The second kappa shape index (κ2) is 17.8. The lowest BCUT2D eigenvalue weighted by Crippen LogP contribution is -2.30. The van der Waals surface area contributed by atoms with Crippen molar-refractivity contribution in [3.63, 3.8) is 0 Å². The van der Waals surface area contributed by atoms with Crippen LogP contribution in [0.2, 0.25) is 0 Å². The van der Waals surface area contributed by atoms with Crippen LogP contribution in [0.3, 0.4) is 0 Å². The minimum atomic E-state index is -4.35. The van der Waals surface area contributed by atoms with E-state index < -0.39 is 32.8 Å². The smallest absolute Gasteiger partial charge is 0.463 e. The van der Waals surface area contributed by atoms with E-state index >= 15 is 0 Å². The lowest BCUT2D eigenvalue weighted by atomic mass is 10.1. The summed E-state index contributed by atoms with van der Waals surface area (Å²) in [4.78, 5) is 23.0. The molecule has 11 heteroatoms. The van der Waals surface area contributed by atoms with Gasteiger partial charge in [-0.15, -0.1) is 6.58 Å². The van der Waals surface area contributed by atoms with E-state index in [1.165, 1.54) is 11.8 Å². The van der Waals surface area contributed by atoms with Crippen molar-refractivity contribution in [2.45, 2.75) is 64.3 Å². The van der Waals surface area contributed by atoms with E-state index in [0.29, 0.717) is 6.42 Å². The lowest BCUT2D eigenvalue weighted by Gasteiger charge is -2.21. The van der Waals surface area contributed by atoms with Gasteiger partial charge in [0, 0.05) is 13.0 Å². The third kappa shape index (κ3) is 18.0. The number of hydrogen-bond donors (Lipinski definition) is 3. The maximum absolute atomic E-state index is 11.9. The first-order valence-corrected chi connectivity index (χ1v) is 11.7. The largest absolute Gasteiger partial charge is 0.472 e. The second-order valence-corrected chi connectivity index (χ2v) is 8.41. The molecule has 0 heterocycles. The van der Waals surface area contributed by atoms with Gasteiger partial charge in [-0.25, -0.2) is 4.57 Å². The van der Waals surface area contributed by atoms with Crippen molar-refractivity contribution in [1.29, 1.82) is 0 Å². The van der Waals surface area contributed by atoms with E-state index in [-0.39, 0.29) is 32.9 Å². The van der Waals surface area contributed by atoms with Crippen molar-refractivity contribution in [3.05, 3.63) is 12.7 Å². The number of phosphoric ester groups is 1. The number of ether oxygens (including phenoxy) is 2. The summed E-state index contributed by atoms with van der Waals surface area (Å²) in [6.45, 7) is 4.28. The molecule has 0 aromatic rings. The van der Waals surface area contributed by atoms with Gasteiger partial charge in [0.15, 0.2) is 6.29 Å². The van der Waals surface area contributed by atoms with Crippen LogP contribution in [0.15, 0.2) is 12.7 Å². The van der Waals surface area contributed by atoms with Crippen molar-refractivity contribution >= 4 is 13.8 Å². The topological polar surface area (TPSA) is 135 Å². The van der Waals surface area contributed by atoms with Crippen molar-refractivity contribution in [3.8, 4) is 0 Å². The molecule has 0 aromatic carbocycles. The molecule has 30 heavy (non-hydrogen) atoms. The Balaban J connectivity index is 4.18. The average molecular weight is 455 g/mol. The summed E-state index contributed by atoms with van der Waals surface area (Å²) in [5.41, 5.74) is 0. The van der Waals surface area contributed by atoms with Gasteiger partial charge in [-0.2, -0.15) is 0 Å². The molecule has 0 aliphatic rings. The molecular weight excluding hydrogens is 417 g/mol. The monoisotopic (exact) mass is 455 g/mol. The van der Waals surface area contributed by atoms with Crippen molar-refractivity contribution < 1.29 is 43.0 Å². The van der Waals surface area contributed by atoms with Gasteiger partial charge in [-0.3, -0.25) is 18.7 Å². The highest BCUT2D eigenvalue weighted by Gasteiger charge is 2.25. The van der Waals surface area contributed by atoms with Gasteiger partial charge in [0.1, 0.15) is 12.7 Å². The third-order valence-corrected chi connectivity index (χ3v) is 4.99. The zero-order chi connectivity index (χ0) is 22.8. The zero-order valence-electron chi connectivity index (χ0n) is 18.1. The van der Waals surface area contributed by atoms with Gasteiger partial charge in [-0.1, -0.05) is 25.3 Å². The third-order valence-electron chi connectivity index (χ3n) is 4.00. The maximum Gasteiger partial charge on any atom is 0.472 e. The molecule has 0 radical (unpaired) electrons. The van der Waals surface area contributed by atoms with E-state index in [1.54, 1.807) is 7.05 Å². The molecule has 3 unspecified atom stereocenters. The van der Waals surface area contributed by atoms with E-state index in [0.717, 1.165) is 32.1 Å². The number of aliphatic hydroxyl groups is 2. The summed E-state index contributed by atoms with van der Waals surface area (Å²) in [6.07, 6.45) is 5.94. The van der Waals surface area contributed by atoms with E-state index in [2.05, 4.69) is 6.58 Å². The number of rotatable bonds is 20. The summed E-state index contributed by atoms with van der Waals surface area (Å²) >= 11 is 0. The Morgan fingerprint density at radius 2 is 1.83 bits per heavy atom. The SMILES string of the molecule is C=CCCCCCCCC(=O)OCC(COP(=O)(O)OCCN(C)CO)OC(C)O. The minimum Gasteiger partial charge on any atom is -0.463 e. The summed E-state index contributed by atoms with van der Waals surface area (Å²) in [5.74, 6) is -0.407. The van der Waals surface area contributed by atoms with Crippen LogP contribution in [-0.2, 0) is 27.9 Å². The first kappa shape index (κ1) is 29.2. The number of aliphatic hydroxyl groups excluding tert-OH is 2. The van der Waals surface area contributed by atoms with Gasteiger partial charge >= 0.3 is 13.8 Å². The van der Waals surface area contributed by atoms with Crippen LogP contribution in [0.1, 0.15) is 51.9 Å². The Hall–Kier alpha value is -0.840. The molecule has 178 valence electrons. The molecule has 0 aliphatic heterocycles. The molecule has 0 saturated heterocycles. The summed E-state index contributed by atoms with van der Waals surface area (Å²) in [5, 5.41) is 18.3. The van der Waals surface area contributed by atoms with E-state index in [1.807, 2.05) is 6.08 Å². The fourth-order valence-corrected chi connectivity index (χ4v) is 3.09. The van der Waals surface area contributed by atoms with Gasteiger partial charge in [-0.05, 0) is 33.2 Å².